The zero-order valence-electron chi connectivity index (χ0n) is 17.7. The van der Waals surface area contributed by atoms with Gasteiger partial charge in [-0.25, -0.2) is 0 Å². The van der Waals surface area contributed by atoms with Crippen molar-refractivity contribution in [3.05, 3.63) is 12.2 Å². The van der Waals surface area contributed by atoms with Crippen molar-refractivity contribution in [1.29, 1.82) is 0 Å². The molecule has 0 saturated carbocycles. The number of carbonyl (C=O) groups excluding carboxylic acids is 1. The van der Waals surface area contributed by atoms with Gasteiger partial charge in [-0.15, -0.1) is 0 Å². The van der Waals surface area contributed by atoms with Crippen LogP contribution in [-0.2, 0) is 9.53 Å². The molecule has 0 bridgehead atoms. The molecule has 0 rings (SSSR count). The standard InChI is InChI=1S/C23H44O3/c1-4-5-6-7-8-9-10-11-12-13-14-15-16-17-18-19-22(25)26-21-23(2,3)20-24/h11-12,24H,4-10,13-21H2,1-3H3/b12-11-. The summed E-state index contributed by atoms with van der Waals surface area (Å²) in [4.78, 5) is 11.6. The molecule has 0 aliphatic carbocycles. The summed E-state index contributed by atoms with van der Waals surface area (Å²) < 4.78 is 5.21. The van der Waals surface area contributed by atoms with Crippen molar-refractivity contribution in [3.8, 4) is 0 Å². The topological polar surface area (TPSA) is 46.5 Å². The fourth-order valence-corrected chi connectivity index (χ4v) is 2.73. The maximum absolute atomic E-state index is 11.6. The summed E-state index contributed by atoms with van der Waals surface area (Å²) >= 11 is 0. The fourth-order valence-electron chi connectivity index (χ4n) is 2.73. The van der Waals surface area contributed by atoms with Crippen molar-refractivity contribution < 1.29 is 14.6 Å². The van der Waals surface area contributed by atoms with E-state index in [1.165, 1.54) is 70.6 Å². The third kappa shape index (κ3) is 18.0. The molecule has 0 radical (unpaired) electrons. The van der Waals surface area contributed by atoms with Gasteiger partial charge in [0.25, 0.3) is 0 Å². The zero-order valence-corrected chi connectivity index (χ0v) is 17.7. The van der Waals surface area contributed by atoms with Crippen molar-refractivity contribution in [1.82, 2.24) is 0 Å². The Balaban J connectivity index is 3.30. The van der Waals surface area contributed by atoms with Gasteiger partial charge in [-0.3, -0.25) is 4.79 Å². The second-order valence-electron chi connectivity index (χ2n) is 8.32. The number of aliphatic hydroxyl groups excluding tert-OH is 1. The monoisotopic (exact) mass is 368 g/mol. The molecule has 0 spiro atoms. The van der Waals surface area contributed by atoms with Gasteiger partial charge < -0.3 is 9.84 Å². The van der Waals surface area contributed by atoms with Gasteiger partial charge >= 0.3 is 5.97 Å². The summed E-state index contributed by atoms with van der Waals surface area (Å²) in [6, 6.07) is 0. The molecule has 3 heteroatoms. The van der Waals surface area contributed by atoms with E-state index >= 15 is 0 Å². The smallest absolute Gasteiger partial charge is 0.305 e. The molecule has 0 unspecified atom stereocenters. The Morgan fingerprint density at radius 2 is 1.35 bits per heavy atom. The van der Waals surface area contributed by atoms with Crippen LogP contribution in [0, 0.1) is 5.41 Å². The highest BCUT2D eigenvalue weighted by Crippen LogP contribution is 2.15. The Labute approximate surface area is 162 Å². The van der Waals surface area contributed by atoms with E-state index in [0.29, 0.717) is 13.0 Å². The molecule has 26 heavy (non-hydrogen) atoms. The number of hydrogen-bond donors (Lipinski definition) is 1. The van der Waals surface area contributed by atoms with E-state index in [0.717, 1.165) is 12.8 Å². The third-order valence-corrected chi connectivity index (χ3v) is 4.69. The lowest BCUT2D eigenvalue weighted by Crippen LogP contribution is -2.25. The normalized spacial score (nSPS) is 12.0. The molecule has 0 aromatic rings. The van der Waals surface area contributed by atoms with Crippen molar-refractivity contribution in [2.45, 2.75) is 111 Å². The number of hydrogen-bond acceptors (Lipinski definition) is 3. The minimum absolute atomic E-state index is 0.0354. The molecule has 1 N–H and O–H groups in total. The number of esters is 1. The van der Waals surface area contributed by atoms with Gasteiger partial charge in [0.2, 0.25) is 0 Å². The van der Waals surface area contributed by atoms with Crippen molar-refractivity contribution in [3.63, 3.8) is 0 Å². The van der Waals surface area contributed by atoms with E-state index in [1.54, 1.807) is 0 Å². The van der Waals surface area contributed by atoms with Gasteiger partial charge in [-0.2, -0.15) is 0 Å². The zero-order chi connectivity index (χ0) is 19.5. The minimum Gasteiger partial charge on any atom is -0.465 e. The predicted octanol–water partition coefficient (Wildman–Crippen LogP) is 6.59. The van der Waals surface area contributed by atoms with Crippen molar-refractivity contribution in [2.75, 3.05) is 13.2 Å². The molecule has 0 aromatic heterocycles. The molecule has 0 atom stereocenters. The third-order valence-electron chi connectivity index (χ3n) is 4.69. The maximum Gasteiger partial charge on any atom is 0.305 e. The van der Waals surface area contributed by atoms with Crippen LogP contribution >= 0.6 is 0 Å². The van der Waals surface area contributed by atoms with E-state index in [4.69, 9.17) is 9.84 Å². The van der Waals surface area contributed by atoms with Crippen LogP contribution in [0.15, 0.2) is 12.2 Å². The molecular weight excluding hydrogens is 324 g/mol. The van der Waals surface area contributed by atoms with Crippen LogP contribution in [0.5, 0.6) is 0 Å². The summed E-state index contributed by atoms with van der Waals surface area (Å²) in [5, 5.41) is 9.13. The fraction of sp³-hybridized carbons (Fsp3) is 0.870. The number of allylic oxidation sites excluding steroid dienone is 2. The van der Waals surface area contributed by atoms with E-state index in [-0.39, 0.29) is 18.0 Å². The molecule has 0 amide bonds. The molecule has 0 aliphatic heterocycles. The first-order chi connectivity index (χ1) is 12.5. The van der Waals surface area contributed by atoms with Gasteiger partial charge in [0.1, 0.15) is 0 Å². The average molecular weight is 369 g/mol. The molecule has 0 aliphatic rings. The lowest BCUT2D eigenvalue weighted by Gasteiger charge is -2.20. The van der Waals surface area contributed by atoms with Gasteiger partial charge in [0, 0.05) is 11.8 Å². The van der Waals surface area contributed by atoms with Crippen molar-refractivity contribution >= 4 is 5.97 Å². The summed E-state index contributed by atoms with van der Waals surface area (Å²) in [7, 11) is 0. The summed E-state index contributed by atoms with van der Waals surface area (Å²) in [6.45, 7) is 6.38. The van der Waals surface area contributed by atoms with Gasteiger partial charge in [0.15, 0.2) is 0 Å². The van der Waals surface area contributed by atoms with Crippen LogP contribution in [0.2, 0.25) is 0 Å². The predicted molar refractivity (Wildman–Crippen MR) is 111 cm³/mol. The lowest BCUT2D eigenvalue weighted by atomic mass is 9.96. The number of ether oxygens (including phenoxy) is 1. The number of rotatable bonds is 18. The van der Waals surface area contributed by atoms with E-state index < -0.39 is 0 Å². The highest BCUT2D eigenvalue weighted by Gasteiger charge is 2.18. The Bertz CT molecular complexity index is 347. The molecule has 0 heterocycles. The Morgan fingerprint density at radius 3 is 1.88 bits per heavy atom. The first-order valence-electron chi connectivity index (χ1n) is 10.9. The molecule has 0 fully saturated rings. The van der Waals surface area contributed by atoms with Crippen molar-refractivity contribution in [2.24, 2.45) is 5.41 Å². The molecular formula is C23H44O3. The Hall–Kier alpha value is -0.830. The Morgan fingerprint density at radius 1 is 0.846 bits per heavy atom. The first-order valence-corrected chi connectivity index (χ1v) is 10.9. The molecule has 154 valence electrons. The SMILES string of the molecule is CCCCCCCC/C=C\CCCCCCCC(=O)OCC(C)(C)CO. The minimum atomic E-state index is -0.335. The molecule has 0 aromatic carbocycles. The van der Waals surface area contributed by atoms with E-state index in [9.17, 15) is 4.79 Å². The van der Waals surface area contributed by atoms with Gasteiger partial charge in [-0.05, 0) is 32.1 Å². The Kier molecular flexibility index (Phi) is 17.0. The quantitative estimate of drug-likeness (QED) is 0.169. The molecule has 0 saturated heterocycles. The first kappa shape index (κ1) is 25.2. The number of carbonyl (C=O) groups is 1. The van der Waals surface area contributed by atoms with Crippen LogP contribution in [0.4, 0.5) is 0 Å². The van der Waals surface area contributed by atoms with E-state index in [2.05, 4.69) is 19.1 Å². The van der Waals surface area contributed by atoms with Crippen LogP contribution < -0.4 is 0 Å². The highest BCUT2D eigenvalue weighted by atomic mass is 16.5. The maximum atomic E-state index is 11.6. The second kappa shape index (κ2) is 17.6. The average Bonchev–Trinajstić information content (AvgIpc) is 2.63. The summed E-state index contributed by atoms with van der Waals surface area (Å²) in [5.74, 6) is -0.135. The number of aliphatic hydroxyl groups is 1. The van der Waals surface area contributed by atoms with Crippen LogP contribution in [0.1, 0.15) is 111 Å². The van der Waals surface area contributed by atoms with Crippen LogP contribution in [0.25, 0.3) is 0 Å². The van der Waals surface area contributed by atoms with Crippen LogP contribution in [0.3, 0.4) is 0 Å². The van der Waals surface area contributed by atoms with Gasteiger partial charge in [0.05, 0.1) is 13.2 Å². The highest BCUT2D eigenvalue weighted by molar-refractivity contribution is 5.69. The number of unbranched alkanes of at least 4 members (excludes halogenated alkanes) is 11. The summed E-state index contributed by atoms with van der Waals surface area (Å²) in [5.41, 5.74) is -0.335. The molecule has 3 nitrogen and oxygen atoms in total. The van der Waals surface area contributed by atoms with E-state index in [1.807, 2.05) is 13.8 Å². The van der Waals surface area contributed by atoms with Crippen LogP contribution in [-0.4, -0.2) is 24.3 Å². The second-order valence-corrected chi connectivity index (χ2v) is 8.32. The largest absolute Gasteiger partial charge is 0.465 e. The lowest BCUT2D eigenvalue weighted by molar-refractivity contribution is -0.147. The summed E-state index contributed by atoms with van der Waals surface area (Å²) in [6.07, 6.45) is 21.5. The van der Waals surface area contributed by atoms with Gasteiger partial charge in [-0.1, -0.05) is 84.3 Å².